The highest BCUT2D eigenvalue weighted by Gasteiger charge is 2.36. The van der Waals surface area contributed by atoms with Gasteiger partial charge in [0.05, 0.1) is 25.9 Å². The fourth-order valence-corrected chi connectivity index (χ4v) is 4.85. The van der Waals surface area contributed by atoms with Crippen LogP contribution in [0.3, 0.4) is 0 Å². The molecule has 1 aromatic carbocycles. The van der Waals surface area contributed by atoms with Crippen molar-refractivity contribution >= 4 is 45.2 Å². The SMILES string of the molecule is COC(=O)C1=C(CN2CCOC[C@@H]2OC(=O)O)NC(c2nccs2)=N[C@H]1c1ccc(F)cc1Br. The monoisotopic (exact) mass is 554 g/mol. The summed E-state index contributed by atoms with van der Waals surface area (Å²) in [4.78, 5) is 34.9. The fourth-order valence-electron chi connectivity index (χ4n) is 3.69. The lowest BCUT2D eigenvalue weighted by Crippen LogP contribution is -2.50. The van der Waals surface area contributed by atoms with Crippen LogP contribution in [-0.2, 0) is 19.0 Å². The second kappa shape index (κ2) is 10.6. The Morgan fingerprint density at radius 1 is 1.44 bits per heavy atom. The Hall–Kier alpha value is -2.87. The van der Waals surface area contributed by atoms with Crippen molar-refractivity contribution in [1.29, 1.82) is 0 Å². The third-order valence-electron chi connectivity index (χ3n) is 5.21. The molecule has 2 aromatic rings. The topological polar surface area (TPSA) is 123 Å². The number of aliphatic imine (C=N–C) groups is 1. The third-order valence-corrected chi connectivity index (χ3v) is 6.68. The van der Waals surface area contributed by atoms with E-state index in [0.717, 1.165) is 0 Å². The summed E-state index contributed by atoms with van der Waals surface area (Å²) < 4.78 is 29.6. The first kappa shape index (κ1) is 24.3. The predicted molar refractivity (Wildman–Crippen MR) is 123 cm³/mol. The molecule has 0 bridgehead atoms. The summed E-state index contributed by atoms with van der Waals surface area (Å²) in [6, 6.07) is 3.29. The van der Waals surface area contributed by atoms with Crippen molar-refractivity contribution in [2.45, 2.75) is 12.3 Å². The third kappa shape index (κ3) is 5.27. The number of hydrogen-bond acceptors (Lipinski definition) is 10. The summed E-state index contributed by atoms with van der Waals surface area (Å²) in [5.74, 6) is -0.656. The van der Waals surface area contributed by atoms with Gasteiger partial charge in [0.15, 0.2) is 17.1 Å². The van der Waals surface area contributed by atoms with E-state index in [9.17, 15) is 14.0 Å². The van der Waals surface area contributed by atoms with Crippen molar-refractivity contribution in [2.75, 3.05) is 33.4 Å². The van der Waals surface area contributed by atoms with Crippen LogP contribution in [0.15, 0.2) is 50.5 Å². The van der Waals surface area contributed by atoms with E-state index in [1.54, 1.807) is 22.5 Å². The summed E-state index contributed by atoms with van der Waals surface area (Å²) in [6.45, 7) is 0.895. The number of hydrogen-bond donors (Lipinski definition) is 2. The quantitative estimate of drug-likeness (QED) is 0.518. The number of carboxylic acid groups (broad SMARTS) is 1. The van der Waals surface area contributed by atoms with Crippen molar-refractivity contribution in [2.24, 2.45) is 4.99 Å². The maximum absolute atomic E-state index is 13.8. The summed E-state index contributed by atoms with van der Waals surface area (Å²) in [6.07, 6.45) is -0.666. The van der Waals surface area contributed by atoms with Gasteiger partial charge in [-0.1, -0.05) is 22.0 Å². The molecule has 0 radical (unpaired) electrons. The zero-order chi connectivity index (χ0) is 24.2. The van der Waals surface area contributed by atoms with Crippen LogP contribution in [0, 0.1) is 5.82 Å². The number of amidine groups is 1. The van der Waals surface area contributed by atoms with E-state index in [0.29, 0.717) is 39.7 Å². The van der Waals surface area contributed by atoms with E-state index in [2.05, 4.69) is 26.2 Å². The molecular weight excluding hydrogens is 535 g/mol. The number of carbonyl (C=O) groups is 2. The van der Waals surface area contributed by atoms with Crippen molar-refractivity contribution in [3.05, 3.63) is 61.9 Å². The Labute approximate surface area is 206 Å². The molecule has 4 rings (SSSR count). The van der Waals surface area contributed by atoms with E-state index in [1.807, 2.05) is 0 Å². The summed E-state index contributed by atoms with van der Waals surface area (Å²) in [5, 5.41) is 14.7. The highest BCUT2D eigenvalue weighted by atomic mass is 79.9. The second-order valence-corrected chi connectivity index (χ2v) is 9.02. The first-order valence-electron chi connectivity index (χ1n) is 10.1. The number of methoxy groups -OCH3 is 1. The smallest absolute Gasteiger partial charge is 0.466 e. The number of aromatic nitrogens is 1. The lowest BCUT2D eigenvalue weighted by Gasteiger charge is -2.36. The fraction of sp³-hybridized carbons (Fsp3) is 0.333. The maximum Gasteiger partial charge on any atom is 0.507 e. The zero-order valence-electron chi connectivity index (χ0n) is 17.9. The molecule has 34 heavy (non-hydrogen) atoms. The van der Waals surface area contributed by atoms with Gasteiger partial charge in [0.1, 0.15) is 11.9 Å². The first-order chi connectivity index (χ1) is 16.4. The molecule has 2 aliphatic heterocycles. The van der Waals surface area contributed by atoms with Crippen LogP contribution < -0.4 is 5.32 Å². The van der Waals surface area contributed by atoms with Gasteiger partial charge in [0, 0.05) is 34.8 Å². The van der Waals surface area contributed by atoms with Crippen LogP contribution in [0.5, 0.6) is 0 Å². The number of ether oxygens (including phenoxy) is 3. The van der Waals surface area contributed by atoms with E-state index in [1.165, 1.54) is 30.6 Å². The molecule has 13 heteroatoms. The Balaban J connectivity index is 1.80. The molecule has 10 nitrogen and oxygen atoms in total. The Morgan fingerprint density at radius 2 is 2.26 bits per heavy atom. The summed E-state index contributed by atoms with van der Waals surface area (Å²) in [5.41, 5.74) is 1.19. The Morgan fingerprint density at radius 3 is 2.94 bits per heavy atom. The zero-order valence-corrected chi connectivity index (χ0v) is 20.3. The summed E-state index contributed by atoms with van der Waals surface area (Å²) in [7, 11) is 1.26. The van der Waals surface area contributed by atoms with Crippen molar-refractivity contribution in [3.63, 3.8) is 0 Å². The maximum atomic E-state index is 13.8. The minimum Gasteiger partial charge on any atom is -0.466 e. The molecule has 1 saturated heterocycles. The molecule has 0 spiro atoms. The van der Waals surface area contributed by atoms with Gasteiger partial charge in [-0.3, -0.25) is 9.89 Å². The van der Waals surface area contributed by atoms with E-state index in [4.69, 9.17) is 24.3 Å². The minimum absolute atomic E-state index is 0.0491. The van der Waals surface area contributed by atoms with E-state index >= 15 is 0 Å². The molecule has 0 aliphatic carbocycles. The van der Waals surface area contributed by atoms with Crippen LogP contribution in [0.2, 0.25) is 0 Å². The number of benzene rings is 1. The Kier molecular flexibility index (Phi) is 7.56. The van der Waals surface area contributed by atoms with Crippen molar-refractivity contribution < 1.29 is 33.3 Å². The largest absolute Gasteiger partial charge is 0.507 e. The number of rotatable bonds is 6. The lowest BCUT2D eigenvalue weighted by atomic mass is 9.95. The number of nitrogens with one attached hydrogen (secondary N) is 1. The number of morpholine rings is 1. The van der Waals surface area contributed by atoms with Gasteiger partial charge in [0.25, 0.3) is 0 Å². The van der Waals surface area contributed by atoms with Gasteiger partial charge in [0.2, 0.25) is 0 Å². The van der Waals surface area contributed by atoms with E-state index in [-0.39, 0.29) is 18.7 Å². The molecule has 3 heterocycles. The standard InChI is InChI=1S/C21H20BrFN4O6S/c1-31-20(28)16-14(9-27-5-6-32-10-15(27)33-21(29)30)25-18(19-24-4-7-34-19)26-17(16)12-3-2-11(23)8-13(12)22/h2-4,7-8,15,17H,5-6,9-10H2,1H3,(H,25,26)(H,29,30)/t15-,17-/m0/s1. The predicted octanol–water partition coefficient (Wildman–Crippen LogP) is 2.92. The normalized spacial score (nSPS) is 21.0. The van der Waals surface area contributed by atoms with Gasteiger partial charge in [-0.15, -0.1) is 11.3 Å². The number of nitrogens with zero attached hydrogens (tertiary/aromatic N) is 3. The molecule has 0 unspecified atom stereocenters. The second-order valence-electron chi connectivity index (χ2n) is 7.28. The molecule has 2 atom stereocenters. The Bertz CT molecular complexity index is 1140. The lowest BCUT2D eigenvalue weighted by molar-refractivity contribution is -0.136. The molecule has 180 valence electrons. The van der Waals surface area contributed by atoms with Gasteiger partial charge in [-0.2, -0.15) is 0 Å². The molecule has 1 fully saturated rings. The number of esters is 1. The molecule has 2 aliphatic rings. The van der Waals surface area contributed by atoms with Gasteiger partial charge in [-0.05, 0) is 17.7 Å². The molecular formula is C21H20BrFN4O6S. The van der Waals surface area contributed by atoms with Crippen LogP contribution in [0.4, 0.5) is 9.18 Å². The minimum atomic E-state index is -1.43. The van der Waals surface area contributed by atoms with Crippen molar-refractivity contribution in [3.8, 4) is 0 Å². The van der Waals surface area contributed by atoms with Crippen molar-refractivity contribution in [1.82, 2.24) is 15.2 Å². The highest BCUT2D eigenvalue weighted by molar-refractivity contribution is 9.10. The number of carbonyl (C=O) groups excluding carboxylic acids is 1. The van der Waals surface area contributed by atoms with Crippen LogP contribution >= 0.6 is 27.3 Å². The van der Waals surface area contributed by atoms with Gasteiger partial charge >= 0.3 is 12.1 Å². The highest BCUT2D eigenvalue weighted by Crippen LogP contribution is 2.37. The van der Waals surface area contributed by atoms with Gasteiger partial charge in [-0.25, -0.2) is 19.0 Å². The molecule has 1 aromatic heterocycles. The molecule has 2 N–H and O–H groups in total. The number of halogens is 2. The molecule has 0 amide bonds. The van der Waals surface area contributed by atoms with Crippen LogP contribution in [0.1, 0.15) is 16.6 Å². The average Bonchev–Trinajstić information content (AvgIpc) is 3.34. The molecule has 0 saturated carbocycles. The number of thiazole rings is 1. The van der Waals surface area contributed by atoms with E-state index < -0.39 is 30.2 Å². The van der Waals surface area contributed by atoms with Crippen LogP contribution in [-0.4, -0.2) is 72.6 Å². The first-order valence-corrected chi connectivity index (χ1v) is 11.8. The van der Waals surface area contributed by atoms with Gasteiger partial charge < -0.3 is 24.6 Å². The van der Waals surface area contributed by atoms with Crippen LogP contribution in [0.25, 0.3) is 0 Å². The average molecular weight is 555 g/mol. The summed E-state index contributed by atoms with van der Waals surface area (Å²) >= 11 is 4.73.